The molecule has 0 radical (unpaired) electrons. The Morgan fingerprint density at radius 2 is 2.50 bits per heavy atom. The molecule has 1 rings (SSSR count). The minimum Gasteiger partial charge on any atom is -0.431 e. The summed E-state index contributed by atoms with van der Waals surface area (Å²) < 4.78 is 14.7. The average Bonchev–Trinajstić information content (AvgIpc) is 2.68. The van der Waals surface area contributed by atoms with E-state index in [9.17, 15) is 4.79 Å². The number of aliphatic hydroxyl groups is 1. The van der Waals surface area contributed by atoms with Gasteiger partial charge in [0.15, 0.2) is 0 Å². The van der Waals surface area contributed by atoms with Gasteiger partial charge in [0, 0.05) is 4.91 Å². The molecule has 1 saturated heterocycles. The molecule has 0 aromatic rings. The normalized spacial score (nSPS) is 26.9. The Labute approximate surface area is 104 Å². The fourth-order valence-corrected chi connectivity index (χ4v) is 1.61. The van der Waals surface area contributed by atoms with Crippen LogP contribution in [0.5, 0.6) is 0 Å². The van der Waals surface area contributed by atoms with E-state index in [0.717, 1.165) is 6.26 Å². The van der Waals surface area contributed by atoms with Gasteiger partial charge in [0.1, 0.15) is 12.7 Å². The molecule has 8 heteroatoms. The van der Waals surface area contributed by atoms with Gasteiger partial charge in [-0.25, -0.2) is 4.79 Å². The molecule has 8 nitrogen and oxygen atoms in total. The Balaban J connectivity index is 2.35. The molecule has 0 aromatic carbocycles. The van der Waals surface area contributed by atoms with Crippen LogP contribution < -0.4 is 0 Å². The molecule has 1 fully saturated rings. The molecule has 3 atom stereocenters. The van der Waals surface area contributed by atoms with E-state index in [1.54, 1.807) is 0 Å². The Morgan fingerprint density at radius 1 is 1.72 bits per heavy atom. The van der Waals surface area contributed by atoms with Gasteiger partial charge in [-0.3, -0.25) is 0 Å². The fraction of sp³-hybridized carbons (Fsp3) is 0.700. The van der Waals surface area contributed by atoms with Crippen LogP contribution in [0.25, 0.3) is 10.4 Å². The van der Waals surface area contributed by atoms with Crippen molar-refractivity contribution in [2.75, 3.05) is 13.2 Å². The van der Waals surface area contributed by atoms with Crippen LogP contribution >= 0.6 is 0 Å². The van der Waals surface area contributed by atoms with Gasteiger partial charge >= 0.3 is 6.16 Å². The van der Waals surface area contributed by atoms with Crippen molar-refractivity contribution in [3.8, 4) is 0 Å². The maximum Gasteiger partial charge on any atom is 0.513 e. The van der Waals surface area contributed by atoms with Crippen molar-refractivity contribution in [1.29, 1.82) is 0 Å². The number of rotatable bonds is 5. The highest BCUT2D eigenvalue weighted by molar-refractivity contribution is 5.60. The molecule has 0 amide bonds. The van der Waals surface area contributed by atoms with Crippen LogP contribution in [0.15, 0.2) is 17.5 Å². The summed E-state index contributed by atoms with van der Waals surface area (Å²) in [5, 5.41) is 12.0. The third kappa shape index (κ3) is 4.62. The molecular weight excluding hydrogens is 242 g/mol. The number of carbonyl (C=O) groups is 1. The van der Waals surface area contributed by atoms with Crippen LogP contribution in [0.3, 0.4) is 0 Å². The molecule has 0 bridgehead atoms. The van der Waals surface area contributed by atoms with Crippen LogP contribution in [0, 0.1) is 0 Å². The van der Waals surface area contributed by atoms with Crippen molar-refractivity contribution in [2.24, 2.45) is 5.11 Å². The minimum atomic E-state index is -0.900. The van der Waals surface area contributed by atoms with Gasteiger partial charge in [-0.2, -0.15) is 0 Å². The Kier molecular flexibility index (Phi) is 5.99. The Hall–Kier alpha value is -1.76. The van der Waals surface area contributed by atoms with E-state index >= 15 is 0 Å². The molecule has 1 aliphatic rings. The molecule has 0 spiro atoms. The summed E-state index contributed by atoms with van der Waals surface area (Å²) in [6.07, 6.45) is 1.48. The number of nitrogens with zero attached hydrogens (tertiary/aromatic N) is 3. The molecule has 18 heavy (non-hydrogen) atoms. The number of hydrogen-bond acceptors (Lipinski definition) is 6. The Morgan fingerprint density at radius 3 is 3.17 bits per heavy atom. The molecule has 1 N–H and O–H groups in total. The predicted molar refractivity (Wildman–Crippen MR) is 60.5 cm³/mol. The van der Waals surface area contributed by atoms with Crippen LogP contribution in [0.4, 0.5) is 4.79 Å². The molecular formula is C10H15N3O5. The number of carbonyl (C=O) groups excluding carboxylic acids is 1. The van der Waals surface area contributed by atoms with Crippen LogP contribution in [-0.4, -0.2) is 42.7 Å². The zero-order valence-corrected chi connectivity index (χ0v) is 9.93. The van der Waals surface area contributed by atoms with E-state index in [2.05, 4.69) is 14.8 Å². The zero-order valence-electron chi connectivity index (χ0n) is 9.93. The van der Waals surface area contributed by atoms with Gasteiger partial charge in [0.2, 0.25) is 0 Å². The van der Waals surface area contributed by atoms with E-state index in [4.69, 9.17) is 20.1 Å². The highest BCUT2D eigenvalue weighted by Gasteiger charge is 2.33. The molecule has 0 aromatic heterocycles. The largest absolute Gasteiger partial charge is 0.513 e. The number of azide groups is 1. The van der Waals surface area contributed by atoms with E-state index < -0.39 is 12.3 Å². The standard InChI is InChI=1S/C10H15N3O5/c1-7-5-8(12-13-11)9(18-7)6-17-10(15)16-4-2-3-14/h2,4,7-9,14H,3,5-6H2,1H3/b4-2+/t7-,8+,9+/m0/s1. The molecule has 0 saturated carbocycles. The summed E-state index contributed by atoms with van der Waals surface area (Å²) in [7, 11) is 0. The van der Waals surface area contributed by atoms with Crippen molar-refractivity contribution < 1.29 is 24.1 Å². The molecule has 0 aliphatic carbocycles. The van der Waals surface area contributed by atoms with E-state index in [-0.39, 0.29) is 25.4 Å². The monoisotopic (exact) mass is 257 g/mol. The summed E-state index contributed by atoms with van der Waals surface area (Å²) in [6.45, 7) is 1.58. The van der Waals surface area contributed by atoms with Gasteiger partial charge in [0.25, 0.3) is 0 Å². The smallest absolute Gasteiger partial charge is 0.431 e. The van der Waals surface area contributed by atoms with Crippen molar-refractivity contribution in [3.05, 3.63) is 22.8 Å². The summed E-state index contributed by atoms with van der Waals surface area (Å²) in [5.41, 5.74) is 8.39. The summed E-state index contributed by atoms with van der Waals surface area (Å²) in [6, 6.07) is -0.342. The highest BCUT2D eigenvalue weighted by Crippen LogP contribution is 2.23. The SMILES string of the molecule is C[C@H]1C[C@@H](N=[N+]=[N-])[C@@H](COC(=O)O/C=C/CO)O1. The lowest BCUT2D eigenvalue weighted by Crippen LogP contribution is -2.26. The van der Waals surface area contributed by atoms with Gasteiger partial charge in [-0.05, 0) is 25.0 Å². The first-order valence-corrected chi connectivity index (χ1v) is 5.46. The van der Waals surface area contributed by atoms with Crippen LogP contribution in [0.2, 0.25) is 0 Å². The lowest BCUT2D eigenvalue weighted by molar-refractivity contribution is -0.00564. The number of hydrogen-bond donors (Lipinski definition) is 1. The third-order valence-electron chi connectivity index (χ3n) is 2.34. The second kappa shape index (κ2) is 7.54. The van der Waals surface area contributed by atoms with Crippen LogP contribution in [0.1, 0.15) is 13.3 Å². The lowest BCUT2D eigenvalue weighted by atomic mass is 10.1. The highest BCUT2D eigenvalue weighted by atomic mass is 16.7. The first-order valence-electron chi connectivity index (χ1n) is 5.46. The number of ether oxygens (including phenoxy) is 3. The zero-order chi connectivity index (χ0) is 13.4. The van der Waals surface area contributed by atoms with E-state index in [0.29, 0.717) is 6.42 Å². The van der Waals surface area contributed by atoms with Gasteiger partial charge in [0.05, 0.1) is 25.0 Å². The summed E-state index contributed by atoms with van der Waals surface area (Å²) in [5.74, 6) is 0. The molecule has 1 heterocycles. The second-order valence-electron chi connectivity index (χ2n) is 3.73. The molecule has 100 valence electrons. The van der Waals surface area contributed by atoms with Gasteiger partial charge in [-0.15, -0.1) is 0 Å². The van der Waals surface area contributed by atoms with Crippen molar-refractivity contribution in [1.82, 2.24) is 0 Å². The first-order chi connectivity index (χ1) is 8.67. The quantitative estimate of drug-likeness (QED) is 0.263. The van der Waals surface area contributed by atoms with Crippen molar-refractivity contribution >= 4 is 6.16 Å². The number of aliphatic hydroxyl groups excluding tert-OH is 1. The third-order valence-corrected chi connectivity index (χ3v) is 2.34. The van der Waals surface area contributed by atoms with E-state index in [1.165, 1.54) is 6.08 Å². The maximum atomic E-state index is 11.1. The second-order valence-corrected chi connectivity index (χ2v) is 3.73. The maximum absolute atomic E-state index is 11.1. The predicted octanol–water partition coefficient (Wildman–Crippen LogP) is 1.50. The van der Waals surface area contributed by atoms with E-state index in [1.807, 2.05) is 6.92 Å². The van der Waals surface area contributed by atoms with Crippen molar-refractivity contribution in [2.45, 2.75) is 31.6 Å². The first kappa shape index (κ1) is 14.3. The van der Waals surface area contributed by atoms with Gasteiger partial charge in [-0.1, -0.05) is 5.11 Å². The molecule has 1 aliphatic heterocycles. The lowest BCUT2D eigenvalue weighted by Gasteiger charge is -2.13. The van der Waals surface area contributed by atoms with Crippen LogP contribution in [-0.2, 0) is 14.2 Å². The summed E-state index contributed by atoms with van der Waals surface area (Å²) in [4.78, 5) is 13.8. The fourth-order valence-electron chi connectivity index (χ4n) is 1.61. The molecule has 0 unspecified atom stereocenters. The average molecular weight is 257 g/mol. The summed E-state index contributed by atoms with van der Waals surface area (Å²) >= 11 is 0. The van der Waals surface area contributed by atoms with Crippen molar-refractivity contribution in [3.63, 3.8) is 0 Å². The topological polar surface area (TPSA) is 114 Å². The Bertz CT molecular complexity index is 353. The van der Waals surface area contributed by atoms with Gasteiger partial charge < -0.3 is 19.3 Å². The minimum absolute atomic E-state index is 0.0418.